The second kappa shape index (κ2) is 6.45. The fraction of sp³-hybridized carbons (Fsp3) is 0.105. The van der Waals surface area contributed by atoms with E-state index >= 15 is 0 Å². The molecule has 24 heavy (non-hydrogen) atoms. The largest absolute Gasteiger partial charge is 0.398 e. The van der Waals surface area contributed by atoms with Gasteiger partial charge < -0.3 is 11.1 Å². The van der Waals surface area contributed by atoms with Crippen LogP contribution in [-0.2, 0) is 16.3 Å². The monoisotopic (exact) mass is 338 g/mol. The Balaban J connectivity index is 1.84. The van der Waals surface area contributed by atoms with E-state index in [0.717, 1.165) is 5.56 Å². The van der Waals surface area contributed by atoms with E-state index in [1.54, 1.807) is 48.5 Å². The molecule has 1 aliphatic rings. The van der Waals surface area contributed by atoms with Crippen molar-refractivity contribution in [3.8, 4) is 0 Å². The van der Waals surface area contributed by atoms with E-state index in [4.69, 9.17) is 11.1 Å². The number of benzene rings is 2. The van der Waals surface area contributed by atoms with Gasteiger partial charge in [-0.25, -0.2) is 8.42 Å². The molecule has 2 aromatic rings. The van der Waals surface area contributed by atoms with Crippen LogP contribution in [0.25, 0.3) is 0 Å². The standard InChI is InChI=1S/C19H18N2O2S/c20-17-6-2-1-5-15(17)13-14-9-11-16(12-10-14)24(22,23)19-8-4-3-7-18(19)21/h1-12,15,20H,13,21H2. The average molecular weight is 338 g/mol. The molecule has 0 saturated heterocycles. The lowest BCUT2D eigenvalue weighted by atomic mass is 9.92. The Hall–Kier alpha value is -2.66. The van der Waals surface area contributed by atoms with Crippen LogP contribution < -0.4 is 5.73 Å². The number of hydrogen-bond acceptors (Lipinski definition) is 4. The normalized spacial score (nSPS) is 17.2. The van der Waals surface area contributed by atoms with Gasteiger partial charge in [0.1, 0.15) is 0 Å². The first kappa shape index (κ1) is 16.2. The molecule has 3 rings (SSSR count). The Morgan fingerprint density at radius 3 is 2.38 bits per heavy atom. The average Bonchev–Trinajstić information content (AvgIpc) is 2.58. The Morgan fingerprint density at radius 1 is 1.00 bits per heavy atom. The van der Waals surface area contributed by atoms with Crippen molar-refractivity contribution in [2.75, 3.05) is 5.73 Å². The summed E-state index contributed by atoms with van der Waals surface area (Å²) in [5.41, 5.74) is 7.59. The van der Waals surface area contributed by atoms with Crippen molar-refractivity contribution in [3.05, 3.63) is 78.4 Å². The van der Waals surface area contributed by atoms with Crippen molar-refractivity contribution in [1.82, 2.24) is 0 Å². The first-order chi connectivity index (χ1) is 11.5. The lowest BCUT2D eigenvalue weighted by molar-refractivity contribution is 0.596. The van der Waals surface area contributed by atoms with Gasteiger partial charge in [-0.1, -0.05) is 42.5 Å². The maximum absolute atomic E-state index is 12.7. The van der Waals surface area contributed by atoms with Gasteiger partial charge in [0.05, 0.1) is 15.5 Å². The molecule has 0 heterocycles. The predicted octanol–water partition coefficient (Wildman–Crippen LogP) is 3.41. The number of anilines is 1. The number of hydrogen-bond donors (Lipinski definition) is 2. The summed E-state index contributed by atoms with van der Waals surface area (Å²) in [7, 11) is -3.62. The lowest BCUT2D eigenvalue weighted by Crippen LogP contribution is -2.13. The highest BCUT2D eigenvalue weighted by Crippen LogP contribution is 2.26. The molecule has 2 aromatic carbocycles. The smallest absolute Gasteiger partial charge is 0.208 e. The number of allylic oxidation sites excluding steroid dienone is 4. The van der Waals surface area contributed by atoms with Crippen molar-refractivity contribution < 1.29 is 8.42 Å². The van der Waals surface area contributed by atoms with Gasteiger partial charge in [-0.3, -0.25) is 0 Å². The molecule has 1 unspecified atom stereocenters. The number of sulfone groups is 1. The maximum Gasteiger partial charge on any atom is 0.208 e. The number of nitrogens with one attached hydrogen (secondary N) is 1. The molecule has 3 N–H and O–H groups in total. The summed E-state index contributed by atoms with van der Waals surface area (Å²) in [5, 5.41) is 7.92. The van der Waals surface area contributed by atoms with Gasteiger partial charge in [0.15, 0.2) is 0 Å². The number of nitrogens with two attached hydrogens (primary N) is 1. The molecule has 0 aromatic heterocycles. The highest BCUT2D eigenvalue weighted by molar-refractivity contribution is 7.91. The summed E-state index contributed by atoms with van der Waals surface area (Å²) in [4.78, 5) is 0.346. The molecule has 0 aliphatic heterocycles. The Labute approximate surface area is 141 Å². The third-order valence-corrected chi connectivity index (χ3v) is 5.87. The van der Waals surface area contributed by atoms with Crippen LogP contribution in [0.15, 0.2) is 82.6 Å². The zero-order valence-corrected chi connectivity index (χ0v) is 13.8. The second-order valence-corrected chi connectivity index (χ2v) is 7.61. The van der Waals surface area contributed by atoms with E-state index in [0.29, 0.717) is 12.1 Å². The molecular weight excluding hydrogens is 320 g/mol. The van der Waals surface area contributed by atoms with E-state index < -0.39 is 9.84 Å². The zero-order chi connectivity index (χ0) is 17.2. The molecule has 0 fully saturated rings. The summed E-state index contributed by atoms with van der Waals surface area (Å²) in [6.07, 6.45) is 8.21. The molecule has 0 bridgehead atoms. The summed E-state index contributed by atoms with van der Waals surface area (Å²) in [6.45, 7) is 0. The molecular formula is C19H18N2O2S. The minimum atomic E-state index is -3.62. The minimum absolute atomic E-state index is 0.0298. The summed E-state index contributed by atoms with van der Waals surface area (Å²) >= 11 is 0. The van der Waals surface area contributed by atoms with Gasteiger partial charge >= 0.3 is 0 Å². The number of para-hydroxylation sites is 1. The molecule has 0 radical (unpaired) electrons. The topological polar surface area (TPSA) is 84.0 Å². The van der Waals surface area contributed by atoms with Gasteiger partial charge in [-0.2, -0.15) is 0 Å². The third-order valence-electron chi connectivity index (χ3n) is 4.03. The summed E-state index contributed by atoms with van der Waals surface area (Å²) in [6, 6.07) is 13.3. The zero-order valence-electron chi connectivity index (χ0n) is 13.0. The van der Waals surface area contributed by atoms with Gasteiger partial charge in [0, 0.05) is 11.6 Å². The molecule has 0 saturated carbocycles. The van der Waals surface area contributed by atoms with Crippen LogP contribution >= 0.6 is 0 Å². The predicted molar refractivity (Wildman–Crippen MR) is 95.9 cm³/mol. The molecule has 4 nitrogen and oxygen atoms in total. The Morgan fingerprint density at radius 2 is 1.71 bits per heavy atom. The van der Waals surface area contributed by atoms with E-state index in [9.17, 15) is 8.42 Å². The van der Waals surface area contributed by atoms with Crippen molar-refractivity contribution in [2.45, 2.75) is 16.2 Å². The lowest BCUT2D eigenvalue weighted by Gasteiger charge is -2.14. The first-order valence-electron chi connectivity index (χ1n) is 7.60. The maximum atomic E-state index is 12.7. The molecule has 1 atom stereocenters. The number of rotatable bonds is 4. The van der Waals surface area contributed by atoms with Gasteiger partial charge in [-0.05, 0) is 42.3 Å². The second-order valence-electron chi connectivity index (χ2n) is 5.70. The molecule has 5 heteroatoms. The van der Waals surface area contributed by atoms with Gasteiger partial charge in [0.2, 0.25) is 9.84 Å². The SMILES string of the molecule is N=C1C=CC=CC1Cc1ccc(S(=O)(=O)c2ccccc2N)cc1. The van der Waals surface area contributed by atoms with E-state index in [-0.39, 0.29) is 21.4 Å². The fourth-order valence-electron chi connectivity index (χ4n) is 2.67. The van der Waals surface area contributed by atoms with Crippen LogP contribution in [-0.4, -0.2) is 14.1 Å². The van der Waals surface area contributed by atoms with Crippen LogP contribution in [0.5, 0.6) is 0 Å². The first-order valence-corrected chi connectivity index (χ1v) is 9.08. The van der Waals surface area contributed by atoms with E-state index in [1.807, 2.05) is 18.2 Å². The molecule has 0 amide bonds. The van der Waals surface area contributed by atoms with E-state index in [2.05, 4.69) is 0 Å². The summed E-state index contributed by atoms with van der Waals surface area (Å²) < 4.78 is 25.3. The summed E-state index contributed by atoms with van der Waals surface area (Å²) in [5.74, 6) is 0.0298. The molecule has 122 valence electrons. The van der Waals surface area contributed by atoms with Crippen molar-refractivity contribution in [3.63, 3.8) is 0 Å². The van der Waals surface area contributed by atoms with Gasteiger partial charge in [-0.15, -0.1) is 0 Å². The van der Waals surface area contributed by atoms with Crippen LogP contribution in [0, 0.1) is 11.3 Å². The van der Waals surface area contributed by atoms with E-state index in [1.165, 1.54) is 6.07 Å². The van der Waals surface area contributed by atoms with Crippen molar-refractivity contribution >= 4 is 21.2 Å². The Bertz CT molecular complexity index is 926. The van der Waals surface area contributed by atoms with Crippen LogP contribution in [0.2, 0.25) is 0 Å². The van der Waals surface area contributed by atoms with Gasteiger partial charge in [0.25, 0.3) is 0 Å². The number of nitrogen functional groups attached to an aromatic ring is 1. The quantitative estimate of drug-likeness (QED) is 0.838. The fourth-order valence-corrected chi connectivity index (χ4v) is 4.06. The van der Waals surface area contributed by atoms with Crippen molar-refractivity contribution in [2.24, 2.45) is 5.92 Å². The highest BCUT2D eigenvalue weighted by atomic mass is 32.2. The minimum Gasteiger partial charge on any atom is -0.398 e. The van der Waals surface area contributed by atoms with Crippen molar-refractivity contribution in [1.29, 1.82) is 5.41 Å². The highest BCUT2D eigenvalue weighted by Gasteiger charge is 2.20. The van der Waals surface area contributed by atoms with Crippen LogP contribution in [0.1, 0.15) is 5.56 Å². The third kappa shape index (κ3) is 3.16. The van der Waals surface area contributed by atoms with Crippen LogP contribution in [0.3, 0.4) is 0 Å². The molecule has 0 spiro atoms. The van der Waals surface area contributed by atoms with Crippen LogP contribution in [0.4, 0.5) is 5.69 Å². The Kier molecular flexibility index (Phi) is 4.36. The molecule has 1 aliphatic carbocycles.